The molecule has 1 aromatic heterocycles. The van der Waals surface area contributed by atoms with Crippen molar-refractivity contribution >= 4 is 24.0 Å². The number of carbonyl (C=O) groups is 1. The molecule has 3 N–H and O–H groups in total. The molecule has 98 valence electrons. The first-order valence-corrected chi connectivity index (χ1v) is 5.62. The first-order valence-electron chi connectivity index (χ1n) is 5.62. The molecule has 0 spiro atoms. The van der Waals surface area contributed by atoms with Crippen molar-refractivity contribution in [2.24, 2.45) is 5.73 Å². The Labute approximate surface area is 108 Å². The summed E-state index contributed by atoms with van der Waals surface area (Å²) in [5.74, 6) is -0.162. The minimum absolute atomic E-state index is 0. The van der Waals surface area contributed by atoms with E-state index in [2.05, 4.69) is 10.4 Å². The molecule has 1 unspecified atom stereocenters. The fraction of sp³-hybridized carbons (Fsp3) is 0.636. The van der Waals surface area contributed by atoms with Crippen LogP contribution < -0.4 is 11.1 Å². The van der Waals surface area contributed by atoms with Crippen LogP contribution in [0.25, 0.3) is 0 Å². The van der Waals surface area contributed by atoms with E-state index in [0.29, 0.717) is 12.1 Å². The number of nitrogens with one attached hydrogen (secondary N) is 1. The summed E-state index contributed by atoms with van der Waals surface area (Å²) < 4.78 is 1.75. The number of carbonyl (C=O) groups excluding carboxylic acids is 1. The van der Waals surface area contributed by atoms with Gasteiger partial charge in [-0.1, -0.05) is 13.3 Å². The summed E-state index contributed by atoms with van der Waals surface area (Å²) in [7, 11) is 0. The zero-order valence-electron chi connectivity index (χ0n) is 10.6. The number of anilines is 1. The highest BCUT2D eigenvalue weighted by atomic mass is 35.5. The summed E-state index contributed by atoms with van der Waals surface area (Å²) in [6.45, 7) is 6.52. The molecule has 1 aromatic rings. The van der Waals surface area contributed by atoms with E-state index in [1.54, 1.807) is 24.0 Å². The van der Waals surface area contributed by atoms with Crippen LogP contribution in [0.2, 0.25) is 0 Å². The predicted octanol–water partition coefficient (Wildman–Crippen LogP) is 1.78. The minimum Gasteiger partial charge on any atom is -0.322 e. The zero-order valence-corrected chi connectivity index (χ0v) is 11.4. The highest BCUT2D eigenvalue weighted by Gasteiger charge is 2.27. The summed E-state index contributed by atoms with van der Waals surface area (Å²) in [6, 6.07) is 0. The fourth-order valence-corrected chi connectivity index (χ4v) is 1.51. The average molecular weight is 261 g/mol. The number of rotatable bonds is 5. The van der Waals surface area contributed by atoms with Crippen molar-refractivity contribution in [2.45, 2.75) is 45.7 Å². The lowest BCUT2D eigenvalue weighted by Gasteiger charge is -2.22. The van der Waals surface area contributed by atoms with Crippen molar-refractivity contribution in [3.8, 4) is 0 Å². The van der Waals surface area contributed by atoms with Crippen LogP contribution in [0.15, 0.2) is 12.4 Å². The molecule has 17 heavy (non-hydrogen) atoms. The number of hydrogen-bond donors (Lipinski definition) is 2. The SMILES string of the molecule is CCCC(C)(N)C(=O)Nc1cnn(CC)c1.Cl. The summed E-state index contributed by atoms with van der Waals surface area (Å²) in [6.07, 6.45) is 4.97. The van der Waals surface area contributed by atoms with Crippen molar-refractivity contribution in [3.05, 3.63) is 12.4 Å². The van der Waals surface area contributed by atoms with E-state index in [9.17, 15) is 4.79 Å². The Bertz CT molecular complexity index is 362. The summed E-state index contributed by atoms with van der Waals surface area (Å²) in [4.78, 5) is 11.8. The van der Waals surface area contributed by atoms with E-state index in [0.717, 1.165) is 13.0 Å². The molecule has 0 aliphatic carbocycles. The highest BCUT2D eigenvalue weighted by Crippen LogP contribution is 2.13. The Morgan fingerprint density at radius 3 is 2.71 bits per heavy atom. The summed E-state index contributed by atoms with van der Waals surface area (Å²) in [5, 5.41) is 6.85. The van der Waals surface area contributed by atoms with Gasteiger partial charge in [-0.3, -0.25) is 9.48 Å². The number of aromatic nitrogens is 2. The van der Waals surface area contributed by atoms with Crippen LogP contribution >= 0.6 is 12.4 Å². The number of amides is 1. The number of aryl methyl sites for hydroxylation is 1. The van der Waals surface area contributed by atoms with Crippen molar-refractivity contribution < 1.29 is 4.79 Å². The number of nitrogens with two attached hydrogens (primary N) is 1. The van der Waals surface area contributed by atoms with E-state index < -0.39 is 5.54 Å². The van der Waals surface area contributed by atoms with Gasteiger partial charge in [-0.15, -0.1) is 12.4 Å². The lowest BCUT2D eigenvalue weighted by Crippen LogP contribution is -2.48. The van der Waals surface area contributed by atoms with Gasteiger partial charge in [-0.2, -0.15) is 5.10 Å². The standard InChI is InChI=1S/C11H20N4O.ClH/c1-4-6-11(3,12)10(16)14-9-7-13-15(5-2)8-9;/h7-8H,4-6,12H2,1-3H3,(H,14,16);1H. The van der Waals surface area contributed by atoms with Crippen LogP contribution in [-0.2, 0) is 11.3 Å². The maximum absolute atomic E-state index is 11.8. The van der Waals surface area contributed by atoms with Crippen molar-refractivity contribution in [1.82, 2.24) is 9.78 Å². The largest absolute Gasteiger partial charge is 0.322 e. The molecule has 1 heterocycles. The molecule has 0 bridgehead atoms. The average Bonchev–Trinajstić information content (AvgIpc) is 2.65. The van der Waals surface area contributed by atoms with Crippen LogP contribution in [-0.4, -0.2) is 21.2 Å². The molecule has 5 nitrogen and oxygen atoms in total. The lowest BCUT2D eigenvalue weighted by atomic mass is 9.96. The Kier molecular flexibility index (Phi) is 6.20. The van der Waals surface area contributed by atoms with Crippen LogP contribution in [0.1, 0.15) is 33.6 Å². The van der Waals surface area contributed by atoms with E-state index in [1.807, 2.05) is 13.8 Å². The van der Waals surface area contributed by atoms with Gasteiger partial charge in [0.1, 0.15) is 0 Å². The molecular formula is C11H21ClN4O. The molecule has 6 heteroatoms. The Morgan fingerprint density at radius 1 is 1.59 bits per heavy atom. The van der Waals surface area contributed by atoms with Crippen LogP contribution in [0.5, 0.6) is 0 Å². The normalized spacial score (nSPS) is 13.6. The van der Waals surface area contributed by atoms with E-state index in [-0.39, 0.29) is 18.3 Å². The van der Waals surface area contributed by atoms with Crippen LogP contribution in [0, 0.1) is 0 Å². The number of hydrogen-bond acceptors (Lipinski definition) is 3. The van der Waals surface area contributed by atoms with E-state index in [1.165, 1.54) is 0 Å². The first-order chi connectivity index (χ1) is 7.49. The van der Waals surface area contributed by atoms with Gasteiger partial charge in [0.15, 0.2) is 0 Å². The van der Waals surface area contributed by atoms with Gasteiger partial charge in [0.2, 0.25) is 5.91 Å². The van der Waals surface area contributed by atoms with Gasteiger partial charge in [-0.25, -0.2) is 0 Å². The van der Waals surface area contributed by atoms with Gasteiger partial charge < -0.3 is 11.1 Å². The van der Waals surface area contributed by atoms with Gasteiger partial charge >= 0.3 is 0 Å². The second-order valence-corrected chi connectivity index (χ2v) is 4.21. The van der Waals surface area contributed by atoms with Crippen molar-refractivity contribution in [1.29, 1.82) is 0 Å². The third kappa shape index (κ3) is 4.36. The molecule has 1 atom stereocenters. The quantitative estimate of drug-likeness (QED) is 0.848. The molecule has 0 aliphatic rings. The van der Waals surface area contributed by atoms with Gasteiger partial charge in [0.05, 0.1) is 17.4 Å². The van der Waals surface area contributed by atoms with Gasteiger partial charge in [0.25, 0.3) is 0 Å². The minimum atomic E-state index is -0.816. The fourth-order valence-electron chi connectivity index (χ4n) is 1.51. The van der Waals surface area contributed by atoms with Crippen LogP contribution in [0.3, 0.4) is 0 Å². The van der Waals surface area contributed by atoms with E-state index in [4.69, 9.17) is 5.73 Å². The van der Waals surface area contributed by atoms with E-state index >= 15 is 0 Å². The predicted molar refractivity (Wildman–Crippen MR) is 71.3 cm³/mol. The molecule has 0 aliphatic heterocycles. The molecule has 1 rings (SSSR count). The zero-order chi connectivity index (χ0) is 12.2. The van der Waals surface area contributed by atoms with Crippen molar-refractivity contribution in [3.63, 3.8) is 0 Å². The van der Waals surface area contributed by atoms with Crippen molar-refractivity contribution in [2.75, 3.05) is 5.32 Å². The topological polar surface area (TPSA) is 72.9 Å². The van der Waals surface area contributed by atoms with Gasteiger partial charge in [-0.05, 0) is 20.3 Å². The maximum Gasteiger partial charge on any atom is 0.244 e. The Hall–Kier alpha value is -1.07. The molecular weight excluding hydrogens is 240 g/mol. The smallest absolute Gasteiger partial charge is 0.244 e. The van der Waals surface area contributed by atoms with Crippen LogP contribution in [0.4, 0.5) is 5.69 Å². The third-order valence-electron chi connectivity index (χ3n) is 2.50. The Morgan fingerprint density at radius 2 is 2.24 bits per heavy atom. The molecule has 1 amide bonds. The maximum atomic E-state index is 11.8. The summed E-state index contributed by atoms with van der Waals surface area (Å²) >= 11 is 0. The lowest BCUT2D eigenvalue weighted by molar-refractivity contribution is -0.120. The Balaban J connectivity index is 0.00000256. The molecule has 0 fully saturated rings. The molecule has 0 radical (unpaired) electrons. The molecule has 0 saturated heterocycles. The molecule has 0 aromatic carbocycles. The highest BCUT2D eigenvalue weighted by molar-refractivity contribution is 5.97. The number of halogens is 1. The number of nitrogens with zero attached hydrogens (tertiary/aromatic N) is 2. The second-order valence-electron chi connectivity index (χ2n) is 4.21. The van der Waals surface area contributed by atoms with Gasteiger partial charge in [0, 0.05) is 12.7 Å². The summed E-state index contributed by atoms with van der Waals surface area (Å²) in [5.41, 5.74) is 5.80. The molecule has 0 saturated carbocycles. The first kappa shape index (κ1) is 15.9. The second kappa shape index (κ2) is 6.61. The monoisotopic (exact) mass is 260 g/mol. The third-order valence-corrected chi connectivity index (χ3v) is 2.50.